The molecular formula is C25H25NO5S. The maximum absolute atomic E-state index is 13.4. The molecule has 3 aromatic rings. The van der Waals surface area contributed by atoms with Gasteiger partial charge in [0.05, 0.1) is 24.7 Å². The molecule has 0 aromatic heterocycles. The molecule has 0 N–H and O–H groups in total. The van der Waals surface area contributed by atoms with E-state index >= 15 is 0 Å². The third-order valence-corrected chi connectivity index (χ3v) is 7.15. The minimum atomic E-state index is -3.72. The van der Waals surface area contributed by atoms with Crippen molar-refractivity contribution >= 4 is 16.1 Å². The van der Waals surface area contributed by atoms with Crippen LogP contribution < -0.4 is 14.2 Å². The number of aryl methyl sites for hydroxylation is 1. The fraction of sp³-hybridized carbons (Fsp3) is 0.200. The van der Waals surface area contributed by atoms with Gasteiger partial charge in [-0.1, -0.05) is 48.0 Å². The van der Waals surface area contributed by atoms with Crippen molar-refractivity contribution < 1.29 is 22.6 Å². The van der Waals surface area contributed by atoms with Crippen molar-refractivity contribution in [2.45, 2.75) is 18.4 Å². The average molecular weight is 452 g/mol. The first kappa shape index (κ1) is 21.9. The van der Waals surface area contributed by atoms with Crippen LogP contribution in [-0.2, 0) is 16.6 Å². The second-order valence-electron chi connectivity index (χ2n) is 7.46. The number of rotatable bonds is 4. The second kappa shape index (κ2) is 9.06. The van der Waals surface area contributed by atoms with Crippen molar-refractivity contribution in [2.24, 2.45) is 0 Å². The minimum Gasteiger partial charge on any atom is -0.496 e. The van der Waals surface area contributed by atoms with Crippen LogP contribution in [0.15, 0.2) is 71.6 Å². The SMILES string of the molecule is COc1cc(OC)c2c(c1)Oc1ccccc1CN(S(=O)(=O)c1ccc(C)cc1)C/C=C\2. The molecule has 0 spiro atoms. The van der Waals surface area contributed by atoms with E-state index in [1.54, 1.807) is 56.7 Å². The molecule has 32 heavy (non-hydrogen) atoms. The summed E-state index contributed by atoms with van der Waals surface area (Å²) in [7, 11) is -0.562. The first-order valence-corrected chi connectivity index (χ1v) is 11.6. The number of fused-ring (bicyclic) bond motifs is 2. The lowest BCUT2D eigenvalue weighted by atomic mass is 10.1. The molecule has 4 rings (SSSR count). The first-order chi connectivity index (χ1) is 15.4. The Balaban J connectivity index is 1.83. The number of methoxy groups -OCH3 is 2. The lowest BCUT2D eigenvalue weighted by Crippen LogP contribution is -2.31. The van der Waals surface area contributed by atoms with Crippen molar-refractivity contribution in [3.05, 3.63) is 83.4 Å². The highest BCUT2D eigenvalue weighted by Crippen LogP contribution is 2.39. The van der Waals surface area contributed by atoms with E-state index in [1.165, 1.54) is 4.31 Å². The Kier molecular flexibility index (Phi) is 6.21. The highest BCUT2D eigenvalue weighted by Gasteiger charge is 2.26. The van der Waals surface area contributed by atoms with Gasteiger partial charge in [0.2, 0.25) is 10.0 Å². The van der Waals surface area contributed by atoms with Crippen LogP contribution in [0.5, 0.6) is 23.0 Å². The number of para-hydroxylation sites is 1. The predicted molar refractivity (Wildman–Crippen MR) is 124 cm³/mol. The van der Waals surface area contributed by atoms with Gasteiger partial charge in [-0.2, -0.15) is 4.31 Å². The molecule has 0 saturated carbocycles. The van der Waals surface area contributed by atoms with Gasteiger partial charge >= 0.3 is 0 Å². The van der Waals surface area contributed by atoms with Crippen LogP contribution in [0.3, 0.4) is 0 Å². The molecule has 6 nitrogen and oxygen atoms in total. The molecule has 0 unspecified atom stereocenters. The fourth-order valence-corrected chi connectivity index (χ4v) is 4.92. The van der Waals surface area contributed by atoms with E-state index in [4.69, 9.17) is 14.2 Å². The summed E-state index contributed by atoms with van der Waals surface area (Å²) in [5.41, 5.74) is 2.46. The third kappa shape index (κ3) is 4.35. The standard InChI is InChI=1S/C25H25NO5S/c1-18-10-12-21(13-11-18)32(27,28)26-14-6-8-22-24(30-3)15-20(29-2)16-25(22)31-23-9-5-4-7-19(23)17-26/h4-13,15-16H,14,17H2,1-3H3/b8-6-. The smallest absolute Gasteiger partial charge is 0.243 e. The summed E-state index contributed by atoms with van der Waals surface area (Å²) < 4.78 is 45.5. The number of hydrogen-bond donors (Lipinski definition) is 0. The largest absolute Gasteiger partial charge is 0.496 e. The summed E-state index contributed by atoms with van der Waals surface area (Å²) in [5.74, 6) is 2.32. The van der Waals surface area contributed by atoms with Crippen LogP contribution in [-0.4, -0.2) is 33.5 Å². The van der Waals surface area contributed by atoms with E-state index in [-0.39, 0.29) is 18.0 Å². The molecule has 0 fully saturated rings. The second-order valence-corrected chi connectivity index (χ2v) is 9.40. The van der Waals surface area contributed by atoms with Crippen molar-refractivity contribution in [3.8, 4) is 23.0 Å². The van der Waals surface area contributed by atoms with Gasteiger partial charge in [0.1, 0.15) is 23.0 Å². The molecule has 166 valence electrons. The molecule has 0 atom stereocenters. The van der Waals surface area contributed by atoms with Crippen LogP contribution in [0, 0.1) is 6.92 Å². The zero-order valence-corrected chi connectivity index (χ0v) is 19.1. The van der Waals surface area contributed by atoms with E-state index < -0.39 is 10.0 Å². The summed E-state index contributed by atoms with van der Waals surface area (Å²) in [4.78, 5) is 0.259. The highest BCUT2D eigenvalue weighted by molar-refractivity contribution is 7.89. The Bertz CT molecular complexity index is 1250. The molecule has 3 aromatic carbocycles. The fourth-order valence-electron chi connectivity index (χ4n) is 3.55. The number of ether oxygens (including phenoxy) is 3. The van der Waals surface area contributed by atoms with Gasteiger partial charge in [0, 0.05) is 30.8 Å². The number of sulfonamides is 1. The minimum absolute atomic E-state index is 0.174. The van der Waals surface area contributed by atoms with Crippen molar-refractivity contribution in [3.63, 3.8) is 0 Å². The van der Waals surface area contributed by atoms with E-state index in [0.29, 0.717) is 28.6 Å². The topological polar surface area (TPSA) is 65.1 Å². The molecular weight excluding hydrogens is 426 g/mol. The monoisotopic (exact) mass is 451 g/mol. The van der Waals surface area contributed by atoms with E-state index in [1.807, 2.05) is 37.3 Å². The van der Waals surface area contributed by atoms with Gasteiger partial charge in [0.25, 0.3) is 0 Å². The lowest BCUT2D eigenvalue weighted by molar-refractivity contribution is 0.383. The summed E-state index contributed by atoms with van der Waals surface area (Å²) in [6.45, 7) is 2.29. The molecule has 0 bridgehead atoms. The average Bonchev–Trinajstić information content (AvgIpc) is 2.80. The van der Waals surface area contributed by atoms with Gasteiger partial charge in [0.15, 0.2) is 0 Å². The summed E-state index contributed by atoms with van der Waals surface area (Å²) in [6, 6.07) is 17.9. The molecule has 0 radical (unpaired) electrons. The van der Waals surface area contributed by atoms with Gasteiger partial charge < -0.3 is 14.2 Å². The quantitative estimate of drug-likeness (QED) is 0.557. The van der Waals surface area contributed by atoms with Crippen LogP contribution in [0.4, 0.5) is 0 Å². The number of hydrogen-bond acceptors (Lipinski definition) is 5. The van der Waals surface area contributed by atoms with Crippen LogP contribution in [0.2, 0.25) is 0 Å². The Morgan fingerprint density at radius 3 is 2.41 bits per heavy atom. The Morgan fingerprint density at radius 2 is 1.69 bits per heavy atom. The van der Waals surface area contributed by atoms with Crippen molar-refractivity contribution in [2.75, 3.05) is 20.8 Å². The Hall–Kier alpha value is -3.29. The number of nitrogens with zero attached hydrogens (tertiary/aromatic N) is 1. The molecule has 0 saturated heterocycles. The van der Waals surface area contributed by atoms with E-state index in [0.717, 1.165) is 11.1 Å². The van der Waals surface area contributed by atoms with Gasteiger partial charge in [-0.15, -0.1) is 0 Å². The molecule has 1 aliphatic rings. The van der Waals surface area contributed by atoms with Crippen LogP contribution in [0.1, 0.15) is 16.7 Å². The zero-order valence-electron chi connectivity index (χ0n) is 18.2. The Morgan fingerprint density at radius 1 is 0.938 bits per heavy atom. The van der Waals surface area contributed by atoms with Gasteiger partial charge in [-0.05, 0) is 25.1 Å². The normalized spacial score (nSPS) is 15.1. The maximum atomic E-state index is 13.4. The van der Waals surface area contributed by atoms with Crippen LogP contribution in [0.25, 0.3) is 6.08 Å². The van der Waals surface area contributed by atoms with Crippen molar-refractivity contribution in [1.82, 2.24) is 4.31 Å². The predicted octanol–water partition coefficient (Wildman–Crippen LogP) is 5.02. The maximum Gasteiger partial charge on any atom is 0.243 e. The van der Waals surface area contributed by atoms with Gasteiger partial charge in [-0.3, -0.25) is 0 Å². The van der Waals surface area contributed by atoms with Gasteiger partial charge in [-0.25, -0.2) is 8.42 Å². The first-order valence-electron chi connectivity index (χ1n) is 10.2. The lowest BCUT2D eigenvalue weighted by Gasteiger charge is -2.24. The van der Waals surface area contributed by atoms with E-state index in [2.05, 4.69) is 0 Å². The molecule has 1 heterocycles. The third-order valence-electron chi connectivity index (χ3n) is 5.32. The summed E-state index contributed by atoms with van der Waals surface area (Å²) >= 11 is 0. The summed E-state index contributed by atoms with van der Waals surface area (Å²) in [6.07, 6.45) is 3.62. The molecule has 1 aliphatic heterocycles. The molecule has 7 heteroatoms. The highest BCUT2D eigenvalue weighted by atomic mass is 32.2. The van der Waals surface area contributed by atoms with E-state index in [9.17, 15) is 8.42 Å². The van der Waals surface area contributed by atoms with Crippen LogP contribution >= 0.6 is 0 Å². The zero-order chi connectivity index (χ0) is 22.7. The Labute approximate surface area is 188 Å². The number of benzene rings is 3. The molecule has 0 amide bonds. The summed E-state index contributed by atoms with van der Waals surface area (Å²) in [5, 5.41) is 0. The van der Waals surface area contributed by atoms with Crippen molar-refractivity contribution in [1.29, 1.82) is 0 Å². The molecule has 0 aliphatic carbocycles.